The van der Waals surface area contributed by atoms with Crippen molar-refractivity contribution in [2.24, 2.45) is 0 Å². The number of carbonyl (C=O) groups excluding carboxylic acids is 2. The summed E-state index contributed by atoms with van der Waals surface area (Å²) < 4.78 is 10.7. The summed E-state index contributed by atoms with van der Waals surface area (Å²) in [5, 5.41) is 3.01. The molecule has 0 aliphatic heterocycles. The molecule has 0 bridgehead atoms. The lowest BCUT2D eigenvalue weighted by Gasteiger charge is -2.30. The third-order valence-electron chi connectivity index (χ3n) is 4.37. The molecule has 0 unspecified atom stereocenters. The number of amides is 1. The van der Waals surface area contributed by atoms with Gasteiger partial charge in [-0.2, -0.15) is 0 Å². The summed E-state index contributed by atoms with van der Waals surface area (Å²) in [4.78, 5) is 24.2. The van der Waals surface area contributed by atoms with Gasteiger partial charge in [0.2, 0.25) is 0 Å². The van der Waals surface area contributed by atoms with Gasteiger partial charge in [-0.3, -0.25) is 4.79 Å². The fraction of sp³-hybridized carbons (Fsp3) is 0.600. The van der Waals surface area contributed by atoms with Crippen LogP contribution in [0, 0.1) is 0 Å². The second-order valence-corrected chi connectivity index (χ2v) is 7.76. The van der Waals surface area contributed by atoms with Gasteiger partial charge in [0.05, 0.1) is 0 Å². The Bertz CT molecular complexity index is 571. The first-order valence-electron chi connectivity index (χ1n) is 8.99. The Balaban J connectivity index is 1.84. The molecule has 25 heavy (non-hydrogen) atoms. The topological polar surface area (TPSA) is 64.6 Å². The van der Waals surface area contributed by atoms with E-state index in [0.29, 0.717) is 12.8 Å². The Labute approximate surface area is 150 Å². The van der Waals surface area contributed by atoms with Crippen molar-refractivity contribution in [3.8, 4) is 0 Å². The SMILES string of the molecule is CC(C)(C)OC(=O)CCC1(NC(=O)OCc2ccccc2)CCCC1. The van der Waals surface area contributed by atoms with Crippen LogP contribution in [0.15, 0.2) is 30.3 Å². The van der Waals surface area contributed by atoms with Crippen LogP contribution in [-0.2, 0) is 20.9 Å². The van der Waals surface area contributed by atoms with E-state index in [1.54, 1.807) is 0 Å². The van der Waals surface area contributed by atoms with E-state index in [4.69, 9.17) is 9.47 Å². The van der Waals surface area contributed by atoms with Crippen LogP contribution in [0.4, 0.5) is 4.79 Å². The van der Waals surface area contributed by atoms with E-state index in [9.17, 15) is 9.59 Å². The van der Waals surface area contributed by atoms with E-state index in [1.807, 2.05) is 51.1 Å². The molecule has 1 aromatic carbocycles. The van der Waals surface area contributed by atoms with Crippen LogP contribution in [0.25, 0.3) is 0 Å². The van der Waals surface area contributed by atoms with Crippen molar-refractivity contribution in [3.05, 3.63) is 35.9 Å². The van der Waals surface area contributed by atoms with E-state index in [-0.39, 0.29) is 18.1 Å². The molecule has 0 radical (unpaired) electrons. The molecule has 0 heterocycles. The molecule has 5 heteroatoms. The highest BCUT2D eigenvalue weighted by molar-refractivity contribution is 5.71. The Morgan fingerprint density at radius 2 is 1.76 bits per heavy atom. The first-order chi connectivity index (χ1) is 11.8. The molecule has 2 rings (SSSR count). The van der Waals surface area contributed by atoms with Crippen LogP contribution >= 0.6 is 0 Å². The minimum absolute atomic E-state index is 0.224. The highest BCUT2D eigenvalue weighted by atomic mass is 16.6. The standard InChI is InChI=1S/C20H29NO4/c1-19(2,3)25-17(22)11-14-20(12-7-8-13-20)21-18(23)24-15-16-9-5-4-6-10-16/h4-6,9-10H,7-8,11-15H2,1-3H3,(H,21,23). The number of nitrogens with one attached hydrogen (secondary N) is 1. The van der Waals surface area contributed by atoms with E-state index < -0.39 is 11.7 Å². The smallest absolute Gasteiger partial charge is 0.407 e. The fourth-order valence-corrected chi connectivity index (χ4v) is 3.20. The van der Waals surface area contributed by atoms with Gasteiger partial charge in [0.25, 0.3) is 0 Å². The molecule has 1 saturated carbocycles. The summed E-state index contributed by atoms with van der Waals surface area (Å²) in [5.74, 6) is -0.224. The lowest BCUT2D eigenvalue weighted by Crippen LogP contribution is -2.47. The number of ether oxygens (including phenoxy) is 2. The van der Waals surface area contributed by atoms with Gasteiger partial charge < -0.3 is 14.8 Å². The quantitative estimate of drug-likeness (QED) is 0.777. The van der Waals surface area contributed by atoms with E-state index in [1.165, 1.54) is 0 Å². The highest BCUT2D eigenvalue weighted by Crippen LogP contribution is 2.34. The zero-order valence-corrected chi connectivity index (χ0v) is 15.5. The lowest BCUT2D eigenvalue weighted by molar-refractivity contribution is -0.155. The molecule has 1 aliphatic carbocycles. The van der Waals surface area contributed by atoms with Gasteiger partial charge in [-0.25, -0.2) is 4.79 Å². The van der Waals surface area contributed by atoms with Gasteiger partial charge in [-0.1, -0.05) is 43.2 Å². The van der Waals surface area contributed by atoms with Crippen LogP contribution in [0.5, 0.6) is 0 Å². The predicted molar refractivity (Wildman–Crippen MR) is 96.0 cm³/mol. The number of alkyl carbamates (subject to hydrolysis) is 1. The number of carbonyl (C=O) groups is 2. The summed E-state index contributed by atoms with van der Waals surface area (Å²) in [5.41, 5.74) is 0.110. The van der Waals surface area contributed by atoms with E-state index >= 15 is 0 Å². The lowest BCUT2D eigenvalue weighted by atomic mass is 9.91. The first-order valence-corrected chi connectivity index (χ1v) is 8.99. The Morgan fingerprint density at radius 3 is 2.36 bits per heavy atom. The van der Waals surface area contributed by atoms with Crippen molar-refractivity contribution < 1.29 is 19.1 Å². The second kappa shape index (κ2) is 8.37. The maximum Gasteiger partial charge on any atom is 0.407 e. The minimum Gasteiger partial charge on any atom is -0.460 e. The van der Waals surface area contributed by atoms with E-state index in [2.05, 4.69) is 5.32 Å². The van der Waals surface area contributed by atoms with Gasteiger partial charge >= 0.3 is 12.1 Å². The third kappa shape index (κ3) is 6.77. The molecule has 0 saturated heterocycles. The number of benzene rings is 1. The van der Waals surface area contributed by atoms with Crippen LogP contribution in [0.3, 0.4) is 0 Å². The molecule has 138 valence electrons. The van der Waals surface area contributed by atoms with Crippen molar-refractivity contribution in [2.45, 2.75) is 77.0 Å². The average Bonchev–Trinajstić information content (AvgIpc) is 2.99. The first kappa shape index (κ1) is 19.3. The zero-order valence-electron chi connectivity index (χ0n) is 15.5. The minimum atomic E-state index is -0.484. The highest BCUT2D eigenvalue weighted by Gasteiger charge is 2.36. The van der Waals surface area contributed by atoms with Crippen molar-refractivity contribution in [3.63, 3.8) is 0 Å². The molecule has 1 fully saturated rings. The Hall–Kier alpha value is -2.04. The maximum absolute atomic E-state index is 12.2. The molecule has 1 aliphatic rings. The largest absolute Gasteiger partial charge is 0.460 e. The van der Waals surface area contributed by atoms with Crippen LogP contribution in [-0.4, -0.2) is 23.2 Å². The van der Waals surface area contributed by atoms with Gasteiger partial charge in [0, 0.05) is 12.0 Å². The molecule has 0 spiro atoms. The molecular formula is C20H29NO4. The summed E-state index contributed by atoms with van der Waals surface area (Å²) in [6.07, 6.45) is 4.31. The Kier molecular flexibility index (Phi) is 6.45. The Morgan fingerprint density at radius 1 is 1.12 bits per heavy atom. The van der Waals surface area contributed by atoms with Gasteiger partial charge in [0.15, 0.2) is 0 Å². The van der Waals surface area contributed by atoms with Gasteiger partial charge in [0.1, 0.15) is 12.2 Å². The second-order valence-electron chi connectivity index (χ2n) is 7.76. The van der Waals surface area contributed by atoms with Crippen molar-refractivity contribution >= 4 is 12.1 Å². The zero-order chi connectivity index (χ0) is 18.3. The molecule has 0 aromatic heterocycles. The molecule has 1 amide bonds. The number of hydrogen-bond acceptors (Lipinski definition) is 4. The average molecular weight is 347 g/mol. The van der Waals surface area contributed by atoms with Crippen molar-refractivity contribution in [2.75, 3.05) is 0 Å². The molecule has 0 atom stereocenters. The molecule has 5 nitrogen and oxygen atoms in total. The van der Waals surface area contributed by atoms with Crippen molar-refractivity contribution in [1.82, 2.24) is 5.32 Å². The number of esters is 1. The van der Waals surface area contributed by atoms with Gasteiger partial charge in [-0.05, 0) is 45.6 Å². The summed E-state index contributed by atoms with van der Waals surface area (Å²) >= 11 is 0. The normalized spacial score (nSPS) is 16.3. The maximum atomic E-state index is 12.2. The fourth-order valence-electron chi connectivity index (χ4n) is 3.20. The molecule has 1 N–H and O–H groups in total. The summed E-state index contributed by atoms with van der Waals surface area (Å²) in [6.45, 7) is 5.81. The van der Waals surface area contributed by atoms with Crippen molar-refractivity contribution in [1.29, 1.82) is 0 Å². The monoisotopic (exact) mass is 347 g/mol. The van der Waals surface area contributed by atoms with Crippen LogP contribution in [0.2, 0.25) is 0 Å². The number of rotatable bonds is 6. The van der Waals surface area contributed by atoms with Gasteiger partial charge in [-0.15, -0.1) is 0 Å². The molecular weight excluding hydrogens is 318 g/mol. The van der Waals surface area contributed by atoms with Crippen LogP contribution in [0.1, 0.15) is 64.9 Å². The molecule has 1 aromatic rings. The predicted octanol–water partition coefficient (Wildman–Crippen LogP) is 4.35. The summed E-state index contributed by atoms with van der Waals surface area (Å²) in [6, 6.07) is 9.59. The van der Waals surface area contributed by atoms with Crippen LogP contribution < -0.4 is 5.32 Å². The van der Waals surface area contributed by atoms with E-state index in [0.717, 1.165) is 31.2 Å². The summed E-state index contributed by atoms with van der Waals surface area (Å²) in [7, 11) is 0. The third-order valence-corrected chi connectivity index (χ3v) is 4.37. The number of hydrogen-bond donors (Lipinski definition) is 1.